The van der Waals surface area contributed by atoms with Crippen LogP contribution in [0, 0.1) is 0 Å². The van der Waals surface area contributed by atoms with Crippen molar-refractivity contribution in [2.75, 3.05) is 13.2 Å². The van der Waals surface area contributed by atoms with E-state index in [1.807, 2.05) is 6.08 Å². The molecule has 134 valence electrons. The third-order valence-corrected chi connectivity index (χ3v) is 4.37. The summed E-state index contributed by atoms with van der Waals surface area (Å²) in [6.07, 6.45) is 19.6. The monoisotopic (exact) mass is 323 g/mol. The van der Waals surface area contributed by atoms with Crippen molar-refractivity contribution in [2.24, 2.45) is 4.99 Å². The van der Waals surface area contributed by atoms with E-state index in [1.165, 1.54) is 57.8 Å². The molecule has 0 radical (unpaired) electrons. The Kier molecular flexibility index (Phi) is 13.0. The number of aliphatic imine (C=N–C) groups is 1. The molecule has 0 spiro atoms. The Labute approximate surface area is 143 Å². The summed E-state index contributed by atoms with van der Waals surface area (Å²) in [5.74, 6) is 0.975. The zero-order valence-electron chi connectivity index (χ0n) is 15.1. The van der Waals surface area contributed by atoms with E-state index < -0.39 is 0 Å². The minimum atomic E-state index is -0.229. The van der Waals surface area contributed by atoms with E-state index in [2.05, 4.69) is 18.0 Å². The summed E-state index contributed by atoms with van der Waals surface area (Å²) < 4.78 is 5.40. The van der Waals surface area contributed by atoms with E-state index >= 15 is 0 Å². The maximum absolute atomic E-state index is 9.83. The Bertz CT molecular complexity index is 326. The number of aliphatic hydroxyl groups is 1. The van der Waals surface area contributed by atoms with E-state index in [4.69, 9.17) is 4.74 Å². The SMILES string of the molecule is CCCCCCC(O)/C=C/CCCCCCCCC1=NCCO1. The largest absolute Gasteiger partial charge is 0.479 e. The third kappa shape index (κ3) is 12.3. The van der Waals surface area contributed by atoms with E-state index in [-0.39, 0.29) is 6.10 Å². The van der Waals surface area contributed by atoms with Crippen LogP contribution in [0.4, 0.5) is 0 Å². The highest BCUT2D eigenvalue weighted by Crippen LogP contribution is 2.11. The fourth-order valence-electron chi connectivity index (χ4n) is 2.91. The van der Waals surface area contributed by atoms with Crippen LogP contribution in [0.1, 0.15) is 90.4 Å². The molecule has 0 fully saturated rings. The Morgan fingerprint density at radius 1 is 1.04 bits per heavy atom. The summed E-state index contributed by atoms with van der Waals surface area (Å²) >= 11 is 0. The van der Waals surface area contributed by atoms with Gasteiger partial charge in [-0.3, -0.25) is 4.99 Å². The maximum atomic E-state index is 9.83. The molecule has 0 aromatic rings. The first-order valence-corrected chi connectivity index (χ1v) is 9.83. The molecule has 0 aromatic heterocycles. The number of unbranched alkanes of at least 4 members (excludes halogenated alkanes) is 9. The Morgan fingerprint density at radius 2 is 1.78 bits per heavy atom. The summed E-state index contributed by atoms with van der Waals surface area (Å²) in [5, 5.41) is 9.83. The van der Waals surface area contributed by atoms with Crippen molar-refractivity contribution in [3.8, 4) is 0 Å². The van der Waals surface area contributed by atoms with Crippen LogP contribution in [-0.4, -0.2) is 30.3 Å². The van der Waals surface area contributed by atoms with Crippen molar-refractivity contribution in [3.63, 3.8) is 0 Å². The zero-order chi connectivity index (χ0) is 16.6. The highest BCUT2D eigenvalue weighted by Gasteiger charge is 2.05. The van der Waals surface area contributed by atoms with Crippen LogP contribution < -0.4 is 0 Å². The van der Waals surface area contributed by atoms with Gasteiger partial charge in [-0.05, 0) is 25.7 Å². The second-order valence-corrected chi connectivity index (χ2v) is 6.63. The maximum Gasteiger partial charge on any atom is 0.183 e. The van der Waals surface area contributed by atoms with Crippen LogP contribution in [0.5, 0.6) is 0 Å². The number of rotatable bonds is 15. The quantitative estimate of drug-likeness (QED) is 0.323. The molecule has 1 atom stereocenters. The number of allylic oxidation sites excluding steroid dienone is 1. The molecular weight excluding hydrogens is 286 g/mol. The van der Waals surface area contributed by atoms with Crippen molar-refractivity contribution in [3.05, 3.63) is 12.2 Å². The highest BCUT2D eigenvalue weighted by molar-refractivity contribution is 5.77. The van der Waals surface area contributed by atoms with Gasteiger partial charge in [0.15, 0.2) is 5.90 Å². The Balaban J connectivity index is 1.80. The van der Waals surface area contributed by atoms with Gasteiger partial charge in [0.05, 0.1) is 12.6 Å². The first-order chi connectivity index (χ1) is 11.3. The van der Waals surface area contributed by atoms with Gasteiger partial charge in [-0.2, -0.15) is 0 Å². The van der Waals surface area contributed by atoms with Gasteiger partial charge >= 0.3 is 0 Å². The zero-order valence-corrected chi connectivity index (χ0v) is 15.1. The summed E-state index contributed by atoms with van der Waals surface area (Å²) in [6.45, 7) is 3.86. The minimum Gasteiger partial charge on any atom is -0.479 e. The molecule has 0 saturated heterocycles. The van der Waals surface area contributed by atoms with E-state index in [1.54, 1.807) is 0 Å². The molecule has 23 heavy (non-hydrogen) atoms. The molecule has 1 rings (SSSR count). The number of aliphatic hydroxyl groups excluding tert-OH is 1. The third-order valence-electron chi connectivity index (χ3n) is 4.37. The van der Waals surface area contributed by atoms with E-state index in [9.17, 15) is 5.11 Å². The van der Waals surface area contributed by atoms with Crippen LogP contribution in [0.3, 0.4) is 0 Å². The summed E-state index contributed by atoms with van der Waals surface area (Å²) in [4.78, 5) is 4.31. The van der Waals surface area contributed by atoms with Gasteiger partial charge < -0.3 is 9.84 Å². The predicted molar refractivity (Wildman–Crippen MR) is 99.1 cm³/mol. The molecule has 0 amide bonds. The van der Waals surface area contributed by atoms with Gasteiger partial charge in [0.1, 0.15) is 6.61 Å². The molecule has 1 aliphatic rings. The fraction of sp³-hybridized carbons (Fsp3) is 0.850. The average molecular weight is 324 g/mol. The number of hydrogen-bond donors (Lipinski definition) is 1. The Morgan fingerprint density at radius 3 is 2.52 bits per heavy atom. The Hall–Kier alpha value is -0.830. The topological polar surface area (TPSA) is 41.8 Å². The highest BCUT2D eigenvalue weighted by atomic mass is 16.5. The summed E-state index contributed by atoms with van der Waals surface area (Å²) in [5.41, 5.74) is 0. The van der Waals surface area contributed by atoms with Crippen molar-refractivity contribution in [1.29, 1.82) is 0 Å². The second kappa shape index (κ2) is 14.7. The van der Waals surface area contributed by atoms with E-state index in [0.29, 0.717) is 0 Å². The molecule has 0 bridgehead atoms. The predicted octanol–water partition coefficient (Wildman–Crippen LogP) is 5.42. The summed E-state index contributed by atoms with van der Waals surface area (Å²) in [6, 6.07) is 0. The number of nitrogens with zero attached hydrogens (tertiary/aromatic N) is 1. The van der Waals surface area contributed by atoms with Crippen LogP contribution in [0.15, 0.2) is 17.1 Å². The van der Waals surface area contributed by atoms with Gasteiger partial charge in [-0.15, -0.1) is 0 Å². The molecule has 3 nitrogen and oxygen atoms in total. The van der Waals surface area contributed by atoms with Crippen LogP contribution in [0.2, 0.25) is 0 Å². The lowest BCUT2D eigenvalue weighted by atomic mass is 10.1. The molecule has 3 heteroatoms. The summed E-state index contributed by atoms with van der Waals surface area (Å²) in [7, 11) is 0. The molecule has 0 saturated carbocycles. The smallest absolute Gasteiger partial charge is 0.183 e. The van der Waals surface area contributed by atoms with E-state index in [0.717, 1.165) is 44.7 Å². The molecule has 0 aromatic carbocycles. The lowest BCUT2D eigenvalue weighted by Crippen LogP contribution is -2.01. The molecule has 1 heterocycles. The number of ether oxygens (including phenoxy) is 1. The molecule has 1 aliphatic heterocycles. The number of hydrogen-bond acceptors (Lipinski definition) is 3. The molecule has 1 N–H and O–H groups in total. The molecule has 1 unspecified atom stereocenters. The lowest BCUT2D eigenvalue weighted by molar-refractivity contribution is 0.207. The fourth-order valence-corrected chi connectivity index (χ4v) is 2.91. The van der Waals surface area contributed by atoms with Crippen LogP contribution >= 0.6 is 0 Å². The van der Waals surface area contributed by atoms with Crippen LogP contribution in [0.25, 0.3) is 0 Å². The molecule has 0 aliphatic carbocycles. The van der Waals surface area contributed by atoms with Gasteiger partial charge in [0.25, 0.3) is 0 Å². The normalized spacial score (nSPS) is 15.8. The first-order valence-electron chi connectivity index (χ1n) is 9.83. The van der Waals surface area contributed by atoms with Crippen molar-refractivity contribution in [2.45, 2.75) is 96.5 Å². The van der Waals surface area contributed by atoms with Crippen molar-refractivity contribution < 1.29 is 9.84 Å². The molecular formula is C20H37NO2. The average Bonchev–Trinajstić information content (AvgIpc) is 3.06. The standard InChI is InChI=1S/C20H37NO2/c1-2-3-4-11-14-19(22)15-12-9-7-5-6-8-10-13-16-20-21-17-18-23-20/h12,15,19,22H,2-11,13-14,16-18H2,1H3/b15-12+. The minimum absolute atomic E-state index is 0.229. The van der Waals surface area contributed by atoms with Gasteiger partial charge in [0, 0.05) is 6.42 Å². The van der Waals surface area contributed by atoms with Gasteiger partial charge in [-0.1, -0.05) is 70.4 Å². The lowest BCUT2D eigenvalue weighted by Gasteiger charge is -2.05. The van der Waals surface area contributed by atoms with Crippen molar-refractivity contribution in [1.82, 2.24) is 0 Å². The van der Waals surface area contributed by atoms with Crippen molar-refractivity contribution >= 4 is 5.90 Å². The van der Waals surface area contributed by atoms with Gasteiger partial charge in [-0.25, -0.2) is 0 Å². The first kappa shape index (κ1) is 20.2. The second-order valence-electron chi connectivity index (χ2n) is 6.63. The van der Waals surface area contributed by atoms with Gasteiger partial charge in [0.2, 0.25) is 0 Å². The van der Waals surface area contributed by atoms with Crippen LogP contribution in [-0.2, 0) is 4.74 Å².